The van der Waals surface area contributed by atoms with Gasteiger partial charge in [-0.25, -0.2) is 4.98 Å². The third kappa shape index (κ3) is 4.13. The molecule has 1 aliphatic rings. The summed E-state index contributed by atoms with van der Waals surface area (Å²) >= 11 is 12.2. The van der Waals surface area contributed by atoms with Crippen molar-refractivity contribution in [3.8, 4) is 0 Å². The minimum absolute atomic E-state index is 0.131. The van der Waals surface area contributed by atoms with Crippen LogP contribution in [0.3, 0.4) is 0 Å². The lowest BCUT2D eigenvalue weighted by molar-refractivity contribution is -0.134. The van der Waals surface area contributed by atoms with Crippen LogP contribution in [0, 0.1) is 0 Å². The zero-order chi connectivity index (χ0) is 17.7. The van der Waals surface area contributed by atoms with E-state index in [-0.39, 0.29) is 40.2 Å². The highest BCUT2D eigenvalue weighted by molar-refractivity contribution is 7.14. The van der Waals surface area contributed by atoms with E-state index in [1.807, 2.05) is 0 Å². The molecule has 0 unspecified atom stereocenters. The summed E-state index contributed by atoms with van der Waals surface area (Å²) in [5.41, 5.74) is 0.0551. The first-order valence-electron chi connectivity index (χ1n) is 6.60. The van der Waals surface area contributed by atoms with Crippen LogP contribution in [0.1, 0.15) is 5.69 Å². The SMILES string of the molecule is CON=C(C(=O)N[C@H]1C(=O)N[C@H]1CCl)c1csc(NC(=O)CCl)n1. The number of β-lactam (4-membered cyclic amide) rings is 1. The Labute approximate surface area is 150 Å². The average Bonchev–Trinajstić information content (AvgIpc) is 3.02. The van der Waals surface area contributed by atoms with E-state index in [1.165, 1.54) is 12.5 Å². The number of nitrogens with one attached hydrogen (secondary N) is 3. The van der Waals surface area contributed by atoms with E-state index in [0.29, 0.717) is 0 Å². The number of aromatic nitrogens is 1. The largest absolute Gasteiger partial charge is 0.398 e. The number of thiazole rings is 1. The molecular formula is C12H13Cl2N5O4S. The molecule has 1 aliphatic heterocycles. The number of carbonyl (C=O) groups is 3. The molecule has 12 heteroatoms. The molecule has 0 bridgehead atoms. The first-order chi connectivity index (χ1) is 11.5. The second kappa shape index (κ2) is 8.27. The minimum Gasteiger partial charge on any atom is -0.398 e. The van der Waals surface area contributed by atoms with Crippen LogP contribution in [0.4, 0.5) is 5.13 Å². The number of nitrogens with zero attached hydrogens (tertiary/aromatic N) is 2. The zero-order valence-electron chi connectivity index (χ0n) is 12.3. The minimum atomic E-state index is -0.744. The standard InChI is InChI=1S/C12H13Cl2N5O4S/c1-23-19-9(6-4-24-12(16-6)17-7(20)3-14)11(22)18-8-5(2-13)15-10(8)21/h4-5,8H,2-3H2,1H3,(H,15,21)(H,18,22)(H,16,17,20)/t5-,8+/m0/s1. The van der Waals surface area contributed by atoms with E-state index in [2.05, 4.69) is 30.9 Å². The number of carbonyl (C=O) groups excluding carboxylic acids is 3. The smallest absolute Gasteiger partial charge is 0.276 e. The molecule has 3 N–H and O–H groups in total. The summed E-state index contributed by atoms with van der Waals surface area (Å²) in [4.78, 5) is 43.8. The van der Waals surface area contributed by atoms with Gasteiger partial charge in [0.05, 0.1) is 6.04 Å². The monoisotopic (exact) mass is 393 g/mol. The molecule has 0 radical (unpaired) electrons. The normalized spacial score (nSPS) is 20.0. The topological polar surface area (TPSA) is 122 Å². The lowest BCUT2D eigenvalue weighted by atomic mass is 10.0. The van der Waals surface area contributed by atoms with Gasteiger partial charge in [0, 0.05) is 11.3 Å². The molecule has 130 valence electrons. The Hall–Kier alpha value is -1.91. The molecule has 1 saturated heterocycles. The second-order valence-corrected chi connectivity index (χ2v) is 6.00. The summed E-state index contributed by atoms with van der Waals surface area (Å²) in [7, 11) is 1.27. The Morgan fingerprint density at radius 1 is 1.50 bits per heavy atom. The van der Waals surface area contributed by atoms with Crippen molar-refractivity contribution in [2.24, 2.45) is 5.16 Å². The Kier molecular flexibility index (Phi) is 6.35. The van der Waals surface area contributed by atoms with Crippen LogP contribution >= 0.6 is 34.5 Å². The molecule has 3 amide bonds. The Morgan fingerprint density at radius 2 is 2.25 bits per heavy atom. The Bertz CT molecular complexity index is 680. The van der Waals surface area contributed by atoms with Gasteiger partial charge in [-0.3, -0.25) is 14.4 Å². The highest BCUT2D eigenvalue weighted by Crippen LogP contribution is 2.17. The second-order valence-electron chi connectivity index (χ2n) is 4.56. The number of halogens is 2. The van der Waals surface area contributed by atoms with Crippen molar-refractivity contribution in [1.29, 1.82) is 0 Å². The Morgan fingerprint density at radius 3 is 2.83 bits per heavy atom. The van der Waals surface area contributed by atoms with Gasteiger partial charge in [-0.1, -0.05) is 5.16 Å². The number of hydrogen-bond donors (Lipinski definition) is 3. The molecule has 1 fully saturated rings. The van der Waals surface area contributed by atoms with Crippen molar-refractivity contribution >= 4 is 63.1 Å². The molecule has 0 saturated carbocycles. The van der Waals surface area contributed by atoms with Gasteiger partial charge in [-0.05, 0) is 0 Å². The fraction of sp³-hybridized carbons (Fsp3) is 0.417. The summed E-state index contributed by atoms with van der Waals surface area (Å²) in [6.07, 6.45) is 0. The molecule has 1 aromatic rings. The van der Waals surface area contributed by atoms with E-state index >= 15 is 0 Å². The first kappa shape index (κ1) is 18.4. The first-order valence-corrected chi connectivity index (χ1v) is 8.55. The summed E-state index contributed by atoms with van der Waals surface area (Å²) in [5.74, 6) is -1.46. The van der Waals surface area contributed by atoms with E-state index in [0.717, 1.165) is 11.3 Å². The number of alkyl halides is 2. The lowest BCUT2D eigenvalue weighted by Gasteiger charge is -2.35. The van der Waals surface area contributed by atoms with Crippen LogP contribution in [-0.2, 0) is 19.2 Å². The van der Waals surface area contributed by atoms with Crippen molar-refractivity contribution in [2.75, 3.05) is 24.2 Å². The van der Waals surface area contributed by atoms with E-state index in [9.17, 15) is 14.4 Å². The van der Waals surface area contributed by atoms with Crippen LogP contribution in [0.2, 0.25) is 0 Å². The fourth-order valence-corrected chi connectivity index (χ4v) is 2.87. The van der Waals surface area contributed by atoms with Crippen molar-refractivity contribution in [2.45, 2.75) is 12.1 Å². The maximum Gasteiger partial charge on any atom is 0.276 e. The molecule has 0 spiro atoms. The van der Waals surface area contributed by atoms with Crippen LogP contribution in [0.5, 0.6) is 0 Å². The van der Waals surface area contributed by atoms with Crippen LogP contribution in [-0.4, -0.2) is 59.4 Å². The van der Waals surface area contributed by atoms with Gasteiger partial charge in [0.1, 0.15) is 24.7 Å². The average molecular weight is 394 g/mol. The van der Waals surface area contributed by atoms with Gasteiger partial charge >= 0.3 is 0 Å². The van der Waals surface area contributed by atoms with Crippen molar-refractivity contribution in [3.05, 3.63) is 11.1 Å². The van der Waals surface area contributed by atoms with E-state index in [4.69, 9.17) is 23.2 Å². The molecule has 1 aromatic heterocycles. The van der Waals surface area contributed by atoms with Crippen molar-refractivity contribution in [1.82, 2.24) is 15.6 Å². The van der Waals surface area contributed by atoms with Crippen LogP contribution in [0.25, 0.3) is 0 Å². The van der Waals surface area contributed by atoms with Gasteiger partial charge in [-0.2, -0.15) is 0 Å². The zero-order valence-corrected chi connectivity index (χ0v) is 14.7. The van der Waals surface area contributed by atoms with Crippen LogP contribution < -0.4 is 16.0 Å². The lowest BCUT2D eigenvalue weighted by Crippen LogP contribution is -2.70. The van der Waals surface area contributed by atoms with Gasteiger partial charge in [0.15, 0.2) is 10.8 Å². The third-order valence-corrected chi connectivity index (χ3v) is 4.31. The quantitative estimate of drug-likeness (QED) is 0.258. The molecule has 9 nitrogen and oxygen atoms in total. The number of anilines is 1. The maximum absolute atomic E-state index is 12.3. The third-order valence-electron chi connectivity index (χ3n) is 2.98. The number of rotatable bonds is 7. The molecular weight excluding hydrogens is 381 g/mol. The number of oxime groups is 1. The summed E-state index contributed by atoms with van der Waals surface area (Å²) in [5, 5.41) is 13.0. The fourth-order valence-electron chi connectivity index (χ4n) is 1.83. The highest BCUT2D eigenvalue weighted by Gasteiger charge is 2.40. The Balaban J connectivity index is 2.11. The van der Waals surface area contributed by atoms with Gasteiger partial charge in [0.25, 0.3) is 5.91 Å². The van der Waals surface area contributed by atoms with Gasteiger partial charge in [0.2, 0.25) is 11.8 Å². The summed E-state index contributed by atoms with van der Waals surface area (Å²) in [6, 6.07) is -1.09. The van der Waals surface area contributed by atoms with Gasteiger partial charge < -0.3 is 20.8 Å². The molecule has 2 heterocycles. The van der Waals surface area contributed by atoms with Crippen molar-refractivity contribution < 1.29 is 19.2 Å². The predicted molar refractivity (Wildman–Crippen MR) is 89.6 cm³/mol. The summed E-state index contributed by atoms with van der Waals surface area (Å²) < 4.78 is 0. The molecule has 0 aromatic carbocycles. The maximum atomic E-state index is 12.3. The van der Waals surface area contributed by atoms with E-state index in [1.54, 1.807) is 0 Å². The number of hydrogen-bond acceptors (Lipinski definition) is 7. The van der Waals surface area contributed by atoms with Crippen LogP contribution in [0.15, 0.2) is 10.5 Å². The number of amides is 3. The molecule has 24 heavy (non-hydrogen) atoms. The van der Waals surface area contributed by atoms with Gasteiger partial charge in [-0.15, -0.1) is 34.5 Å². The predicted octanol–water partition coefficient (Wildman–Crippen LogP) is -0.107. The summed E-state index contributed by atoms with van der Waals surface area (Å²) in [6.45, 7) is 0. The molecule has 2 rings (SSSR count). The highest BCUT2D eigenvalue weighted by atomic mass is 35.5. The van der Waals surface area contributed by atoms with Crippen molar-refractivity contribution in [3.63, 3.8) is 0 Å². The molecule has 0 aliphatic carbocycles. The van der Waals surface area contributed by atoms with E-state index < -0.39 is 17.9 Å². The molecule has 2 atom stereocenters.